The van der Waals surface area contributed by atoms with Crippen molar-refractivity contribution in [3.8, 4) is 11.5 Å². The highest BCUT2D eigenvalue weighted by Crippen LogP contribution is 2.37. The second-order valence-electron chi connectivity index (χ2n) is 9.94. The van der Waals surface area contributed by atoms with Crippen LogP contribution < -0.4 is 24.4 Å². The fraction of sp³-hybridized carbons (Fsp3) is 0.235. The van der Waals surface area contributed by atoms with Crippen LogP contribution in [-0.4, -0.2) is 37.3 Å². The average Bonchev–Trinajstić information content (AvgIpc) is 3.37. The molecule has 0 fully saturated rings. The van der Waals surface area contributed by atoms with Gasteiger partial charge in [-0.15, -0.1) is 0 Å². The van der Waals surface area contributed by atoms with Gasteiger partial charge in [0.15, 0.2) is 16.3 Å². The fourth-order valence-electron chi connectivity index (χ4n) is 5.04. The largest absolute Gasteiger partial charge is 0.493 e. The zero-order chi connectivity index (χ0) is 32.1. The molecule has 0 radical (unpaired) electrons. The number of benzene rings is 3. The summed E-state index contributed by atoms with van der Waals surface area (Å²) in [6.45, 7) is 4.15. The molecular weight excluding hydrogens is 616 g/mol. The minimum Gasteiger partial charge on any atom is -0.493 e. The number of aromatic nitrogens is 1. The van der Waals surface area contributed by atoms with Gasteiger partial charge in [0.05, 0.1) is 53.3 Å². The van der Waals surface area contributed by atoms with E-state index in [1.807, 2.05) is 37.3 Å². The Balaban J connectivity index is 1.50. The van der Waals surface area contributed by atoms with Crippen molar-refractivity contribution in [1.29, 1.82) is 0 Å². The van der Waals surface area contributed by atoms with Crippen molar-refractivity contribution in [2.24, 2.45) is 4.99 Å². The van der Waals surface area contributed by atoms with Crippen LogP contribution in [0.3, 0.4) is 0 Å². The van der Waals surface area contributed by atoms with Gasteiger partial charge in [-0.05, 0) is 60.4 Å². The van der Waals surface area contributed by atoms with Gasteiger partial charge in [-0.2, -0.15) is 0 Å². The molecular formula is C34H31ClN2O7S. The molecule has 1 atom stereocenters. The monoisotopic (exact) mass is 646 g/mol. The number of rotatable bonds is 10. The first kappa shape index (κ1) is 31.7. The van der Waals surface area contributed by atoms with E-state index in [1.54, 1.807) is 54.0 Å². The van der Waals surface area contributed by atoms with Crippen molar-refractivity contribution in [3.05, 3.63) is 125 Å². The highest BCUT2D eigenvalue weighted by Gasteiger charge is 2.33. The van der Waals surface area contributed by atoms with E-state index in [0.717, 1.165) is 11.1 Å². The zero-order valence-electron chi connectivity index (χ0n) is 25.2. The van der Waals surface area contributed by atoms with E-state index < -0.39 is 12.0 Å². The summed E-state index contributed by atoms with van der Waals surface area (Å²) in [4.78, 5) is 44.0. The third kappa shape index (κ3) is 6.57. The molecule has 5 rings (SSSR count). The van der Waals surface area contributed by atoms with Gasteiger partial charge in [-0.1, -0.05) is 72.3 Å². The maximum absolute atomic E-state index is 13.9. The van der Waals surface area contributed by atoms with Crippen molar-refractivity contribution >= 4 is 41.0 Å². The SMILES string of the molecule is CCOC(=O)c1ccc(COc2c(Cl)cc(/C=c3/sc4n(c3=O)[C@@H](c3ccccc3)C(C(=O)OC)=C(CC)N=4)cc2OC)cc1. The molecule has 4 aromatic rings. The Bertz CT molecular complexity index is 1950. The average molecular weight is 647 g/mol. The van der Waals surface area contributed by atoms with Gasteiger partial charge in [0.25, 0.3) is 5.56 Å². The van der Waals surface area contributed by atoms with E-state index >= 15 is 0 Å². The molecule has 0 saturated carbocycles. The lowest BCUT2D eigenvalue weighted by Crippen LogP contribution is -2.40. The summed E-state index contributed by atoms with van der Waals surface area (Å²) >= 11 is 7.88. The fourth-order valence-corrected chi connectivity index (χ4v) is 6.33. The minimum atomic E-state index is -0.688. The molecule has 2 heterocycles. The molecule has 232 valence electrons. The van der Waals surface area contributed by atoms with Crippen LogP contribution in [-0.2, 0) is 20.9 Å². The number of fused-ring (bicyclic) bond motifs is 1. The number of nitrogens with zero attached hydrogens (tertiary/aromatic N) is 2. The third-order valence-electron chi connectivity index (χ3n) is 7.16. The molecule has 0 bridgehead atoms. The maximum Gasteiger partial charge on any atom is 0.338 e. The molecule has 1 aliphatic rings. The Labute approximate surface area is 268 Å². The molecule has 9 nitrogen and oxygen atoms in total. The summed E-state index contributed by atoms with van der Waals surface area (Å²) in [5.41, 5.74) is 3.27. The molecule has 0 aliphatic carbocycles. The van der Waals surface area contributed by atoms with Crippen LogP contribution in [0.1, 0.15) is 53.4 Å². The Hall–Kier alpha value is -4.67. The van der Waals surface area contributed by atoms with Crippen LogP contribution in [0.25, 0.3) is 6.08 Å². The van der Waals surface area contributed by atoms with E-state index in [9.17, 15) is 14.4 Å². The molecule has 45 heavy (non-hydrogen) atoms. The standard InChI is InChI=1S/C34H31ClN2O7S/c1-5-25-28(33(40)42-4)29(22-10-8-7-9-11-22)37-31(38)27(45-34(37)36-25)18-21-16-24(35)30(26(17-21)41-3)44-19-20-12-14-23(15-13-20)32(39)43-6-2/h7-18,29H,5-6,19H2,1-4H3/b27-18+/t29-/m0/s1. The first-order valence-corrected chi connectivity index (χ1v) is 15.4. The normalized spacial score (nSPS) is 14.4. The number of carbonyl (C=O) groups excluding carboxylic acids is 2. The van der Waals surface area contributed by atoms with Gasteiger partial charge in [0.1, 0.15) is 6.61 Å². The molecule has 1 aromatic heterocycles. The number of thiazole rings is 1. The van der Waals surface area contributed by atoms with Gasteiger partial charge >= 0.3 is 11.9 Å². The molecule has 3 aromatic carbocycles. The predicted octanol–water partition coefficient (Wildman–Crippen LogP) is 5.22. The molecule has 0 amide bonds. The molecule has 0 saturated heterocycles. The summed E-state index contributed by atoms with van der Waals surface area (Å²) in [6.07, 6.45) is 2.20. The number of hydrogen-bond acceptors (Lipinski definition) is 9. The van der Waals surface area contributed by atoms with Crippen molar-refractivity contribution in [2.75, 3.05) is 20.8 Å². The minimum absolute atomic E-state index is 0.179. The van der Waals surface area contributed by atoms with Crippen LogP contribution in [0, 0.1) is 0 Å². The lowest BCUT2D eigenvalue weighted by molar-refractivity contribution is -0.136. The van der Waals surface area contributed by atoms with Crippen molar-refractivity contribution in [2.45, 2.75) is 32.9 Å². The van der Waals surface area contributed by atoms with Gasteiger partial charge in [0.2, 0.25) is 0 Å². The summed E-state index contributed by atoms with van der Waals surface area (Å²) in [5, 5.41) is 0.292. The lowest BCUT2D eigenvalue weighted by atomic mass is 9.95. The summed E-state index contributed by atoms with van der Waals surface area (Å²) < 4.78 is 23.7. The number of esters is 2. The lowest BCUT2D eigenvalue weighted by Gasteiger charge is -2.25. The smallest absolute Gasteiger partial charge is 0.338 e. The van der Waals surface area contributed by atoms with Gasteiger partial charge < -0.3 is 18.9 Å². The molecule has 0 spiro atoms. The van der Waals surface area contributed by atoms with Crippen LogP contribution in [0.4, 0.5) is 0 Å². The van der Waals surface area contributed by atoms with E-state index in [4.69, 9.17) is 35.5 Å². The highest BCUT2D eigenvalue weighted by atomic mass is 35.5. The van der Waals surface area contributed by atoms with E-state index in [-0.39, 0.29) is 18.1 Å². The number of ether oxygens (including phenoxy) is 4. The van der Waals surface area contributed by atoms with Crippen LogP contribution in [0.15, 0.2) is 87.8 Å². The van der Waals surface area contributed by atoms with E-state index in [2.05, 4.69) is 0 Å². The Morgan fingerprint density at radius 3 is 2.40 bits per heavy atom. The first-order valence-electron chi connectivity index (χ1n) is 14.2. The number of hydrogen-bond donors (Lipinski definition) is 0. The zero-order valence-corrected chi connectivity index (χ0v) is 26.7. The number of methoxy groups -OCH3 is 2. The Morgan fingerprint density at radius 2 is 1.76 bits per heavy atom. The van der Waals surface area contributed by atoms with Gasteiger partial charge in [0, 0.05) is 0 Å². The van der Waals surface area contributed by atoms with Crippen LogP contribution in [0.2, 0.25) is 5.02 Å². The maximum atomic E-state index is 13.9. The second kappa shape index (κ2) is 14.0. The second-order valence-corrected chi connectivity index (χ2v) is 11.4. The summed E-state index contributed by atoms with van der Waals surface area (Å²) in [7, 11) is 2.83. The molecule has 0 N–H and O–H groups in total. The highest BCUT2D eigenvalue weighted by molar-refractivity contribution is 7.07. The number of allylic oxidation sites excluding steroid dienone is 1. The third-order valence-corrected chi connectivity index (χ3v) is 8.43. The molecule has 0 unspecified atom stereocenters. The topological polar surface area (TPSA) is 105 Å². The quantitative estimate of drug-likeness (QED) is 0.218. The molecule has 11 heteroatoms. The van der Waals surface area contributed by atoms with Crippen LogP contribution >= 0.6 is 22.9 Å². The Kier molecular flexibility index (Phi) is 9.85. The van der Waals surface area contributed by atoms with Crippen molar-refractivity contribution < 1.29 is 28.5 Å². The van der Waals surface area contributed by atoms with E-state index in [1.165, 1.54) is 25.6 Å². The number of carbonyl (C=O) groups is 2. The Morgan fingerprint density at radius 1 is 1.02 bits per heavy atom. The van der Waals surface area contributed by atoms with E-state index in [0.29, 0.717) is 61.3 Å². The van der Waals surface area contributed by atoms with Gasteiger partial charge in [-0.3, -0.25) is 9.36 Å². The number of halogens is 1. The van der Waals surface area contributed by atoms with Crippen molar-refractivity contribution in [3.63, 3.8) is 0 Å². The molecule has 1 aliphatic heterocycles. The summed E-state index contributed by atoms with van der Waals surface area (Å²) in [6, 6.07) is 19.0. The predicted molar refractivity (Wildman–Crippen MR) is 172 cm³/mol. The van der Waals surface area contributed by atoms with Crippen molar-refractivity contribution in [1.82, 2.24) is 4.57 Å². The first-order chi connectivity index (χ1) is 21.8. The van der Waals surface area contributed by atoms with Crippen LogP contribution in [0.5, 0.6) is 11.5 Å². The summed E-state index contributed by atoms with van der Waals surface area (Å²) in [5.74, 6) is -0.191. The van der Waals surface area contributed by atoms with Gasteiger partial charge in [-0.25, -0.2) is 14.6 Å².